The number of hydrogen-bond acceptors (Lipinski definition) is 3. The average Bonchev–Trinajstić information content (AvgIpc) is 4.13. The van der Waals surface area contributed by atoms with Gasteiger partial charge in [-0.25, -0.2) is 4.85 Å². The molecular weight excluding hydrogens is 869 g/mol. The highest BCUT2D eigenvalue weighted by Crippen LogP contribution is 2.60. The highest BCUT2D eigenvalue weighted by molar-refractivity contribution is 6.17. The molecule has 0 saturated heterocycles. The maximum atomic E-state index is 11.9. The Morgan fingerprint density at radius 1 is 0.465 bits per heavy atom. The summed E-state index contributed by atoms with van der Waals surface area (Å²) in [5.74, 6) is -0.304. The lowest BCUT2D eigenvalue weighted by Gasteiger charge is -2.25. The Labute approximate surface area is 412 Å². The maximum absolute atomic E-state index is 11.9. The molecule has 9 aromatic carbocycles. The minimum absolute atomic E-state index is 0.199. The molecule has 3 heterocycles. The SMILES string of the molecule is [C-]#[N+]c1c(C#N)c(-n2c3ccc(-c4ccccc4)cc3c3ccc4c(c32)C(C)(C)c2ccccc2-4)c2c(c1-n1c3ccc(-c4ccccc4)cc3c3ccc4c(c31)C(C)(C)c1ccccc1-4)OC(C)(C)O2. The van der Waals surface area contributed by atoms with E-state index in [-0.39, 0.29) is 11.3 Å². The summed E-state index contributed by atoms with van der Waals surface area (Å²) >= 11 is 0. The second kappa shape index (κ2) is 14.1. The lowest BCUT2D eigenvalue weighted by Crippen LogP contribution is -2.30. The molecule has 0 N–H and O–H groups in total. The highest BCUT2D eigenvalue weighted by atomic mass is 16.7. The number of rotatable bonds is 4. The first-order valence-electron chi connectivity index (χ1n) is 24.4. The van der Waals surface area contributed by atoms with E-state index in [1.807, 2.05) is 26.0 Å². The Bertz CT molecular complexity index is 3990. The monoisotopic (exact) mass is 914 g/mol. The van der Waals surface area contributed by atoms with Gasteiger partial charge < -0.3 is 18.6 Å². The number of hydrogen-bond donors (Lipinski definition) is 0. The molecule has 1 aliphatic heterocycles. The van der Waals surface area contributed by atoms with Crippen LogP contribution in [0.2, 0.25) is 0 Å². The zero-order valence-electron chi connectivity index (χ0n) is 40.3. The molecule has 0 saturated carbocycles. The van der Waals surface area contributed by atoms with Gasteiger partial charge in [-0.1, -0.05) is 173 Å². The first-order valence-corrected chi connectivity index (χ1v) is 24.4. The van der Waals surface area contributed by atoms with Crippen LogP contribution < -0.4 is 9.47 Å². The summed E-state index contributed by atoms with van der Waals surface area (Å²) < 4.78 is 18.7. The van der Waals surface area contributed by atoms with Crippen LogP contribution >= 0.6 is 0 Å². The van der Waals surface area contributed by atoms with Crippen LogP contribution in [-0.2, 0) is 10.8 Å². The van der Waals surface area contributed by atoms with E-state index in [0.717, 1.165) is 88.1 Å². The van der Waals surface area contributed by atoms with Crippen LogP contribution in [0.4, 0.5) is 5.69 Å². The van der Waals surface area contributed by atoms with Crippen molar-refractivity contribution in [2.75, 3.05) is 0 Å². The summed E-state index contributed by atoms with van der Waals surface area (Å²) in [6.07, 6.45) is 0. The summed E-state index contributed by atoms with van der Waals surface area (Å²) in [4.78, 5) is 4.45. The number of nitriles is 1. The van der Waals surface area contributed by atoms with E-state index in [1.54, 1.807) is 0 Å². The molecule has 0 spiro atoms. The van der Waals surface area contributed by atoms with Gasteiger partial charge in [-0.2, -0.15) is 5.26 Å². The summed E-state index contributed by atoms with van der Waals surface area (Å²) in [5, 5.41) is 16.1. The van der Waals surface area contributed by atoms with Crippen LogP contribution in [0, 0.1) is 17.9 Å². The van der Waals surface area contributed by atoms with Crippen molar-refractivity contribution in [3.63, 3.8) is 0 Å². The van der Waals surface area contributed by atoms with Gasteiger partial charge in [0.15, 0.2) is 11.5 Å². The zero-order chi connectivity index (χ0) is 48.3. The van der Waals surface area contributed by atoms with E-state index >= 15 is 0 Å². The number of benzene rings is 9. The van der Waals surface area contributed by atoms with Crippen molar-refractivity contribution in [1.29, 1.82) is 5.26 Å². The van der Waals surface area contributed by atoms with E-state index < -0.39 is 16.6 Å². The minimum atomic E-state index is -1.16. The molecule has 0 unspecified atom stereocenters. The summed E-state index contributed by atoms with van der Waals surface area (Å²) in [6, 6.07) is 63.1. The Hall–Kier alpha value is -8.84. The molecule has 0 amide bonds. The Morgan fingerprint density at radius 3 is 1.37 bits per heavy atom. The lowest BCUT2D eigenvalue weighted by atomic mass is 9.81. The second-order valence-corrected chi connectivity index (χ2v) is 20.9. The third-order valence-electron chi connectivity index (χ3n) is 15.8. The Kier molecular flexibility index (Phi) is 8.19. The molecule has 338 valence electrons. The minimum Gasteiger partial charge on any atom is -0.448 e. The fourth-order valence-electron chi connectivity index (χ4n) is 12.8. The molecule has 6 nitrogen and oxygen atoms in total. The normalized spacial score (nSPS) is 15.2. The van der Waals surface area contributed by atoms with Crippen molar-refractivity contribution in [2.24, 2.45) is 0 Å². The lowest BCUT2D eigenvalue weighted by molar-refractivity contribution is -0.0431. The van der Waals surface area contributed by atoms with E-state index in [1.165, 1.54) is 22.3 Å². The Balaban J connectivity index is 1.15. The van der Waals surface area contributed by atoms with E-state index in [0.29, 0.717) is 22.9 Å². The first-order chi connectivity index (χ1) is 34.4. The quantitative estimate of drug-likeness (QED) is 0.165. The molecule has 3 aliphatic rings. The number of ether oxygens (including phenoxy) is 2. The van der Waals surface area contributed by atoms with Crippen LogP contribution in [0.3, 0.4) is 0 Å². The van der Waals surface area contributed by atoms with Crippen molar-refractivity contribution in [3.8, 4) is 73.5 Å². The van der Waals surface area contributed by atoms with Gasteiger partial charge in [0.05, 0.1) is 46.0 Å². The van der Waals surface area contributed by atoms with Crippen molar-refractivity contribution >= 4 is 49.3 Å². The predicted molar refractivity (Wildman–Crippen MR) is 287 cm³/mol. The van der Waals surface area contributed by atoms with Crippen molar-refractivity contribution in [3.05, 3.63) is 209 Å². The average molecular weight is 915 g/mol. The van der Waals surface area contributed by atoms with Gasteiger partial charge in [0.2, 0.25) is 11.5 Å². The molecule has 71 heavy (non-hydrogen) atoms. The molecule has 0 radical (unpaired) electrons. The summed E-state index contributed by atoms with van der Waals surface area (Å²) in [5.41, 5.74) is 18.2. The van der Waals surface area contributed by atoms with Crippen molar-refractivity contribution in [2.45, 2.75) is 58.2 Å². The van der Waals surface area contributed by atoms with Crippen molar-refractivity contribution < 1.29 is 9.47 Å². The fraction of sp³-hybridized carbons (Fsp3) is 0.138. The van der Waals surface area contributed by atoms with Crippen molar-refractivity contribution in [1.82, 2.24) is 9.13 Å². The smallest absolute Gasteiger partial charge is 0.246 e. The topological polar surface area (TPSA) is 56.5 Å². The van der Waals surface area contributed by atoms with E-state index in [2.05, 4.69) is 205 Å². The van der Waals surface area contributed by atoms with Gasteiger partial charge >= 0.3 is 0 Å². The highest BCUT2D eigenvalue weighted by Gasteiger charge is 2.45. The second-order valence-electron chi connectivity index (χ2n) is 20.9. The number of fused-ring (bicyclic) bond motifs is 15. The van der Waals surface area contributed by atoms with Gasteiger partial charge in [-0.3, -0.25) is 0 Å². The molecule has 0 fully saturated rings. The maximum Gasteiger partial charge on any atom is 0.246 e. The molecule has 11 aromatic rings. The standard InChI is InChI=1S/C65H46N4O2/c1-63(2)50-24-16-14-22-41(50)43-28-30-45-47-34-39(37-18-10-8-11-19-37)26-32-52(47)68(57(45)54(43)63)59-49(36-66)56(67-7)60(62-61(59)70-65(5,6)71-62)69-53-33-27-40(38-20-12-9-13-21-38)35-48(53)46-31-29-44-42-23-15-17-25-51(42)64(3,4)55(44)58(46)69/h8-35H,1-6H3. The van der Waals surface area contributed by atoms with Crippen LogP contribution in [0.1, 0.15) is 69.4 Å². The molecule has 2 aromatic heterocycles. The third kappa shape index (κ3) is 5.40. The predicted octanol–water partition coefficient (Wildman–Crippen LogP) is 16.8. The first kappa shape index (κ1) is 41.2. The van der Waals surface area contributed by atoms with Gasteiger partial charge in [0.1, 0.15) is 5.69 Å². The van der Waals surface area contributed by atoms with Crippen LogP contribution in [0.15, 0.2) is 170 Å². The van der Waals surface area contributed by atoms with Gasteiger partial charge in [0.25, 0.3) is 0 Å². The molecule has 14 rings (SSSR count). The fourth-order valence-corrected chi connectivity index (χ4v) is 12.8. The van der Waals surface area contributed by atoms with Crippen LogP contribution in [0.5, 0.6) is 11.5 Å². The van der Waals surface area contributed by atoms with Gasteiger partial charge in [0, 0.05) is 46.2 Å². The van der Waals surface area contributed by atoms with E-state index in [9.17, 15) is 11.8 Å². The zero-order valence-corrected chi connectivity index (χ0v) is 40.3. The largest absolute Gasteiger partial charge is 0.448 e. The summed E-state index contributed by atoms with van der Waals surface area (Å²) in [6.45, 7) is 22.3. The number of nitrogens with zero attached hydrogens (tertiary/aromatic N) is 4. The molecular formula is C65H46N4O2. The Morgan fingerprint density at radius 2 is 0.901 bits per heavy atom. The molecule has 2 aliphatic carbocycles. The molecule has 0 atom stereocenters. The molecule has 0 bridgehead atoms. The summed E-state index contributed by atoms with van der Waals surface area (Å²) in [7, 11) is 0. The van der Waals surface area contributed by atoms with Gasteiger partial charge in [-0.15, -0.1) is 0 Å². The molecule has 6 heteroatoms. The van der Waals surface area contributed by atoms with E-state index in [4.69, 9.17) is 9.47 Å². The van der Waals surface area contributed by atoms with Gasteiger partial charge in [-0.05, 0) is 91.0 Å². The third-order valence-corrected chi connectivity index (χ3v) is 15.8. The van der Waals surface area contributed by atoms with Crippen LogP contribution in [0.25, 0.3) is 104 Å². The van der Waals surface area contributed by atoms with Crippen LogP contribution in [-0.4, -0.2) is 14.9 Å². The number of aromatic nitrogens is 2.